The van der Waals surface area contributed by atoms with Crippen molar-refractivity contribution in [1.29, 1.82) is 0 Å². The topological polar surface area (TPSA) is 54.9 Å². The quantitative estimate of drug-likeness (QED) is 0.216. The van der Waals surface area contributed by atoms with Gasteiger partial charge >= 0.3 is 0 Å². The predicted octanol–water partition coefficient (Wildman–Crippen LogP) is 7.12. The summed E-state index contributed by atoms with van der Waals surface area (Å²) in [7, 11) is 0. The van der Waals surface area contributed by atoms with Crippen molar-refractivity contribution in [3.8, 4) is 11.3 Å². The number of hydrogen-bond donors (Lipinski definition) is 1. The fourth-order valence-electron chi connectivity index (χ4n) is 3.27. The maximum Gasteiger partial charge on any atom is 0.205 e. The monoisotopic (exact) mass is 459 g/mol. The van der Waals surface area contributed by atoms with Gasteiger partial charge in [0.25, 0.3) is 0 Å². The van der Waals surface area contributed by atoms with E-state index in [2.05, 4.69) is 23.7 Å². The lowest BCUT2D eigenvalue weighted by atomic mass is 10.1. The van der Waals surface area contributed by atoms with Crippen LogP contribution in [-0.4, -0.2) is 22.0 Å². The lowest BCUT2D eigenvalue weighted by molar-refractivity contribution is 0.104. The largest absolute Gasteiger partial charge is 0.307 e. The number of fused-ring (bicyclic) bond motifs is 1. The first-order chi connectivity index (χ1) is 15.2. The van der Waals surface area contributed by atoms with E-state index in [0.29, 0.717) is 21.3 Å². The van der Waals surface area contributed by atoms with E-state index >= 15 is 0 Å². The van der Waals surface area contributed by atoms with Gasteiger partial charge in [0.2, 0.25) is 5.78 Å². The summed E-state index contributed by atoms with van der Waals surface area (Å²) in [6.07, 6.45) is 2.05. The smallest absolute Gasteiger partial charge is 0.205 e. The number of thiazole rings is 2. The third-order valence-electron chi connectivity index (χ3n) is 4.73. The third kappa shape index (κ3) is 3.99. The van der Waals surface area contributed by atoms with Crippen LogP contribution in [0.15, 0.2) is 83.8 Å². The molecule has 4 nitrogen and oxygen atoms in total. The van der Waals surface area contributed by atoms with Crippen molar-refractivity contribution in [2.24, 2.45) is 0 Å². The normalized spacial score (nSPS) is 11.0. The molecule has 0 atom stereocenters. The number of carbonyl (C=O) groups is 1. The fraction of sp³-hybridized carbons (Fsp3) is 0.0417. The predicted molar refractivity (Wildman–Crippen MR) is 132 cm³/mol. The van der Waals surface area contributed by atoms with Crippen LogP contribution in [0.2, 0.25) is 0 Å². The summed E-state index contributed by atoms with van der Waals surface area (Å²) < 4.78 is 1.12. The van der Waals surface area contributed by atoms with E-state index in [4.69, 9.17) is 9.97 Å². The van der Waals surface area contributed by atoms with Crippen LogP contribution in [-0.2, 0) is 0 Å². The minimum atomic E-state index is -0.0287. The van der Waals surface area contributed by atoms with Gasteiger partial charge in [-0.05, 0) is 18.4 Å². The highest BCUT2D eigenvalue weighted by Gasteiger charge is 2.21. The molecule has 1 N–H and O–H groups in total. The van der Waals surface area contributed by atoms with Crippen LogP contribution < -0.4 is 5.32 Å². The summed E-state index contributed by atoms with van der Waals surface area (Å²) >= 11 is 4.63. The Balaban J connectivity index is 1.56. The van der Waals surface area contributed by atoms with Crippen LogP contribution in [0, 0.1) is 0 Å². The number of benzene rings is 3. The van der Waals surface area contributed by atoms with Crippen LogP contribution in [0.25, 0.3) is 21.5 Å². The Hall–Kier alpha value is -3.00. The standard InChI is InChI=1S/C24H17N3OS3/c1-29-17-13-8-14-18-20(17)26-23(30-18)27-24-25-19(15-9-4-2-5-10-15)22(31-24)21(28)16-11-6-3-7-12-16/h2-14H,1H3,(H,25,26,27). The van der Waals surface area contributed by atoms with Crippen molar-refractivity contribution in [2.75, 3.05) is 11.6 Å². The average Bonchev–Trinajstić information content (AvgIpc) is 3.43. The van der Waals surface area contributed by atoms with Crippen LogP contribution in [0.1, 0.15) is 15.2 Å². The summed E-state index contributed by atoms with van der Waals surface area (Å²) in [4.78, 5) is 24.6. The highest BCUT2D eigenvalue weighted by molar-refractivity contribution is 7.98. The highest BCUT2D eigenvalue weighted by Crippen LogP contribution is 2.37. The molecule has 31 heavy (non-hydrogen) atoms. The molecule has 0 aliphatic carbocycles. The molecule has 152 valence electrons. The molecule has 0 aliphatic rings. The minimum Gasteiger partial charge on any atom is -0.307 e. The number of ketones is 1. The first-order valence-corrected chi connectivity index (χ1v) is 12.5. The summed E-state index contributed by atoms with van der Waals surface area (Å²) in [5, 5.41) is 4.76. The molecule has 0 radical (unpaired) electrons. The molecule has 0 bridgehead atoms. The minimum absolute atomic E-state index is 0.0287. The lowest BCUT2D eigenvalue weighted by Gasteiger charge is -2.02. The Morgan fingerprint density at radius 3 is 2.29 bits per heavy atom. The summed E-state index contributed by atoms with van der Waals surface area (Å²) in [5.74, 6) is -0.0287. The molecule has 0 aliphatic heterocycles. The molecule has 0 unspecified atom stereocenters. The number of nitrogens with one attached hydrogen (secondary N) is 1. The van der Waals surface area contributed by atoms with E-state index in [1.165, 1.54) is 11.3 Å². The lowest BCUT2D eigenvalue weighted by Crippen LogP contribution is -2.00. The second-order valence-electron chi connectivity index (χ2n) is 6.71. The Kier molecular flexibility index (Phi) is 5.55. The van der Waals surface area contributed by atoms with E-state index < -0.39 is 0 Å². The number of thioether (sulfide) groups is 1. The van der Waals surface area contributed by atoms with Crippen molar-refractivity contribution >= 4 is 60.7 Å². The first kappa shape index (κ1) is 19.9. The SMILES string of the molecule is CSc1cccc2sc(Nc3nc(-c4ccccc4)c(C(=O)c4ccccc4)s3)nc12. The first-order valence-electron chi connectivity index (χ1n) is 9.59. The van der Waals surface area contributed by atoms with Crippen molar-refractivity contribution < 1.29 is 4.79 Å². The Bertz CT molecular complexity index is 1360. The van der Waals surface area contributed by atoms with E-state index in [1.807, 2.05) is 66.7 Å². The maximum absolute atomic E-state index is 13.3. The van der Waals surface area contributed by atoms with Crippen molar-refractivity contribution in [2.45, 2.75) is 4.90 Å². The Labute approximate surface area is 192 Å². The van der Waals surface area contributed by atoms with Crippen LogP contribution in [0.3, 0.4) is 0 Å². The zero-order valence-electron chi connectivity index (χ0n) is 16.5. The molecule has 7 heteroatoms. The summed E-state index contributed by atoms with van der Waals surface area (Å²) in [6, 6.07) is 25.3. The number of hydrogen-bond acceptors (Lipinski definition) is 7. The van der Waals surface area contributed by atoms with E-state index in [0.717, 1.165) is 25.8 Å². The van der Waals surface area contributed by atoms with Gasteiger partial charge in [0, 0.05) is 16.0 Å². The number of anilines is 2. The number of carbonyl (C=O) groups excluding carboxylic acids is 1. The van der Waals surface area contributed by atoms with Gasteiger partial charge in [-0.2, -0.15) is 0 Å². The molecule has 2 aromatic heterocycles. The van der Waals surface area contributed by atoms with Crippen LogP contribution in [0.5, 0.6) is 0 Å². The zero-order chi connectivity index (χ0) is 21.2. The molecule has 2 heterocycles. The van der Waals surface area contributed by atoms with Gasteiger partial charge in [0.05, 0.1) is 15.9 Å². The molecule has 5 aromatic rings. The van der Waals surface area contributed by atoms with E-state index in [-0.39, 0.29) is 5.78 Å². The summed E-state index contributed by atoms with van der Waals surface area (Å²) in [5.41, 5.74) is 3.25. The van der Waals surface area contributed by atoms with Gasteiger partial charge in [-0.3, -0.25) is 4.79 Å². The highest BCUT2D eigenvalue weighted by atomic mass is 32.2. The van der Waals surface area contributed by atoms with Gasteiger partial charge in [0.15, 0.2) is 10.3 Å². The third-order valence-corrected chi connectivity index (χ3v) is 7.41. The zero-order valence-corrected chi connectivity index (χ0v) is 19.0. The molecule has 0 amide bonds. The van der Waals surface area contributed by atoms with Gasteiger partial charge in [-0.1, -0.05) is 89.4 Å². The van der Waals surface area contributed by atoms with Gasteiger partial charge in [0.1, 0.15) is 4.88 Å². The Morgan fingerprint density at radius 2 is 1.55 bits per heavy atom. The second-order valence-corrected chi connectivity index (χ2v) is 9.59. The van der Waals surface area contributed by atoms with Gasteiger partial charge < -0.3 is 5.32 Å². The summed E-state index contributed by atoms with van der Waals surface area (Å²) in [6.45, 7) is 0. The van der Waals surface area contributed by atoms with Crippen LogP contribution >= 0.6 is 34.4 Å². The molecule has 0 saturated heterocycles. The van der Waals surface area contributed by atoms with Gasteiger partial charge in [-0.25, -0.2) is 9.97 Å². The van der Waals surface area contributed by atoms with Gasteiger partial charge in [-0.15, -0.1) is 11.8 Å². The number of aromatic nitrogens is 2. The molecule has 0 spiro atoms. The van der Waals surface area contributed by atoms with Crippen LogP contribution in [0.4, 0.5) is 10.3 Å². The number of para-hydroxylation sites is 1. The Morgan fingerprint density at radius 1 is 0.839 bits per heavy atom. The molecular formula is C24H17N3OS3. The van der Waals surface area contributed by atoms with E-state index in [1.54, 1.807) is 23.1 Å². The molecule has 0 saturated carbocycles. The number of nitrogens with zero attached hydrogens (tertiary/aromatic N) is 2. The second kappa shape index (κ2) is 8.63. The van der Waals surface area contributed by atoms with Crippen molar-refractivity contribution in [3.05, 3.63) is 89.3 Å². The average molecular weight is 460 g/mol. The molecular weight excluding hydrogens is 442 g/mol. The molecule has 3 aromatic carbocycles. The van der Waals surface area contributed by atoms with Crippen molar-refractivity contribution in [3.63, 3.8) is 0 Å². The number of rotatable bonds is 6. The molecule has 5 rings (SSSR count). The molecule has 0 fully saturated rings. The van der Waals surface area contributed by atoms with Crippen molar-refractivity contribution in [1.82, 2.24) is 9.97 Å². The van der Waals surface area contributed by atoms with E-state index in [9.17, 15) is 4.79 Å². The fourth-order valence-corrected chi connectivity index (χ4v) is 5.81. The maximum atomic E-state index is 13.3.